The molecular formula is C19H12Cl2O4. The third-order valence-corrected chi connectivity index (χ3v) is 4.21. The van der Waals surface area contributed by atoms with Crippen LogP contribution in [0.3, 0.4) is 0 Å². The van der Waals surface area contributed by atoms with Crippen LogP contribution in [0.4, 0.5) is 0 Å². The molecule has 25 heavy (non-hydrogen) atoms. The van der Waals surface area contributed by atoms with E-state index < -0.39 is 18.4 Å². The van der Waals surface area contributed by atoms with E-state index in [1.165, 1.54) is 24.3 Å². The zero-order valence-electron chi connectivity index (χ0n) is 12.8. The van der Waals surface area contributed by atoms with Crippen molar-refractivity contribution in [1.82, 2.24) is 0 Å². The van der Waals surface area contributed by atoms with E-state index in [1.807, 2.05) is 24.3 Å². The fourth-order valence-corrected chi connectivity index (χ4v) is 2.78. The van der Waals surface area contributed by atoms with E-state index in [2.05, 4.69) is 0 Å². The standard InChI is InChI=1S/C19H12Cl2O4/c20-13-5-6-16(21)14(9-13)18(23)10-25-19(24)15-7-11-3-1-2-4-12(11)8-17(15)22/h1-9,22H,10H2. The predicted molar refractivity (Wildman–Crippen MR) is 96.7 cm³/mol. The van der Waals surface area contributed by atoms with Crippen LogP contribution in [0, 0.1) is 0 Å². The summed E-state index contributed by atoms with van der Waals surface area (Å²) in [6, 6.07) is 14.7. The molecule has 3 aromatic rings. The van der Waals surface area contributed by atoms with E-state index in [0.29, 0.717) is 5.02 Å². The van der Waals surface area contributed by atoms with Crippen LogP contribution in [0.5, 0.6) is 5.75 Å². The van der Waals surface area contributed by atoms with E-state index in [-0.39, 0.29) is 21.9 Å². The van der Waals surface area contributed by atoms with Crippen molar-refractivity contribution in [2.75, 3.05) is 6.61 Å². The highest BCUT2D eigenvalue weighted by Crippen LogP contribution is 2.26. The van der Waals surface area contributed by atoms with Gasteiger partial charge in [0.1, 0.15) is 11.3 Å². The molecule has 0 aromatic heterocycles. The first-order chi connectivity index (χ1) is 12.0. The maximum Gasteiger partial charge on any atom is 0.342 e. The second-order valence-corrected chi connectivity index (χ2v) is 6.18. The predicted octanol–water partition coefficient (Wildman–Crippen LogP) is 4.89. The van der Waals surface area contributed by atoms with Crippen LogP contribution >= 0.6 is 23.2 Å². The van der Waals surface area contributed by atoms with Crippen molar-refractivity contribution >= 4 is 45.7 Å². The Bertz CT molecular complexity index is 982. The van der Waals surface area contributed by atoms with Crippen molar-refractivity contribution in [3.05, 3.63) is 75.8 Å². The van der Waals surface area contributed by atoms with Crippen LogP contribution in [-0.2, 0) is 4.74 Å². The highest BCUT2D eigenvalue weighted by atomic mass is 35.5. The molecule has 0 aliphatic rings. The van der Waals surface area contributed by atoms with Crippen molar-refractivity contribution in [1.29, 1.82) is 0 Å². The van der Waals surface area contributed by atoms with Gasteiger partial charge in [0, 0.05) is 10.6 Å². The third kappa shape index (κ3) is 3.76. The minimum atomic E-state index is -0.797. The van der Waals surface area contributed by atoms with Crippen LogP contribution in [0.25, 0.3) is 10.8 Å². The van der Waals surface area contributed by atoms with E-state index in [9.17, 15) is 14.7 Å². The topological polar surface area (TPSA) is 63.6 Å². The van der Waals surface area contributed by atoms with Gasteiger partial charge in [0.2, 0.25) is 5.78 Å². The number of benzene rings is 3. The first-order valence-electron chi connectivity index (χ1n) is 7.33. The molecule has 0 amide bonds. The molecule has 0 unspecified atom stereocenters. The Hall–Kier alpha value is -2.56. The Labute approximate surface area is 153 Å². The molecule has 1 N–H and O–H groups in total. The van der Waals surface area contributed by atoms with Gasteiger partial charge in [-0.25, -0.2) is 4.79 Å². The number of carbonyl (C=O) groups is 2. The summed E-state index contributed by atoms with van der Waals surface area (Å²) in [5.74, 6) is -1.49. The van der Waals surface area contributed by atoms with Gasteiger partial charge in [-0.15, -0.1) is 0 Å². The van der Waals surface area contributed by atoms with Crippen LogP contribution < -0.4 is 0 Å². The summed E-state index contributed by atoms with van der Waals surface area (Å²) in [5.41, 5.74) is 0.161. The number of halogens is 2. The Kier molecular flexibility index (Phi) is 4.93. The molecule has 0 fully saturated rings. The normalized spacial score (nSPS) is 10.6. The van der Waals surface area contributed by atoms with Gasteiger partial charge >= 0.3 is 5.97 Å². The van der Waals surface area contributed by atoms with E-state index in [4.69, 9.17) is 27.9 Å². The summed E-state index contributed by atoms with van der Waals surface area (Å²) in [6.07, 6.45) is 0. The van der Waals surface area contributed by atoms with Gasteiger partial charge in [-0.3, -0.25) is 4.79 Å². The van der Waals surface area contributed by atoms with Crippen molar-refractivity contribution in [3.63, 3.8) is 0 Å². The fraction of sp³-hybridized carbons (Fsp3) is 0.0526. The largest absolute Gasteiger partial charge is 0.507 e. The molecule has 3 rings (SSSR count). The number of fused-ring (bicyclic) bond motifs is 1. The van der Waals surface area contributed by atoms with Crippen molar-refractivity contribution in [3.8, 4) is 5.75 Å². The Morgan fingerprint density at radius 3 is 2.32 bits per heavy atom. The number of esters is 1. The lowest BCUT2D eigenvalue weighted by Crippen LogP contribution is -2.15. The molecule has 0 aliphatic carbocycles. The highest BCUT2D eigenvalue weighted by Gasteiger charge is 2.17. The maximum atomic E-state index is 12.2. The molecule has 0 spiro atoms. The van der Waals surface area contributed by atoms with Gasteiger partial charge in [0.25, 0.3) is 0 Å². The van der Waals surface area contributed by atoms with E-state index >= 15 is 0 Å². The van der Waals surface area contributed by atoms with E-state index in [1.54, 1.807) is 6.07 Å². The monoisotopic (exact) mass is 374 g/mol. The first-order valence-corrected chi connectivity index (χ1v) is 8.08. The molecular weight excluding hydrogens is 363 g/mol. The number of carbonyl (C=O) groups excluding carboxylic acids is 2. The molecule has 0 saturated heterocycles. The molecule has 0 aliphatic heterocycles. The van der Waals surface area contributed by atoms with Crippen molar-refractivity contribution < 1.29 is 19.4 Å². The van der Waals surface area contributed by atoms with Gasteiger partial charge in [0.15, 0.2) is 6.61 Å². The second kappa shape index (κ2) is 7.13. The summed E-state index contributed by atoms with van der Waals surface area (Å²) in [5, 5.41) is 12.2. The Balaban J connectivity index is 1.77. The van der Waals surface area contributed by atoms with Gasteiger partial charge < -0.3 is 9.84 Å². The number of ether oxygens (including phenoxy) is 1. The third-order valence-electron chi connectivity index (χ3n) is 3.65. The quantitative estimate of drug-likeness (QED) is 0.521. The smallest absolute Gasteiger partial charge is 0.342 e. The van der Waals surface area contributed by atoms with Crippen LogP contribution in [-0.4, -0.2) is 23.5 Å². The Morgan fingerprint density at radius 2 is 1.60 bits per heavy atom. The lowest BCUT2D eigenvalue weighted by atomic mass is 10.1. The van der Waals surface area contributed by atoms with Crippen molar-refractivity contribution in [2.24, 2.45) is 0 Å². The van der Waals surface area contributed by atoms with Gasteiger partial charge in [-0.05, 0) is 41.1 Å². The number of phenols is 1. The van der Waals surface area contributed by atoms with Gasteiger partial charge in [-0.2, -0.15) is 0 Å². The molecule has 6 heteroatoms. The number of hydrogen-bond acceptors (Lipinski definition) is 4. The number of phenolic OH excluding ortho intramolecular Hbond substituents is 1. The summed E-state index contributed by atoms with van der Waals surface area (Å²) in [7, 11) is 0. The zero-order chi connectivity index (χ0) is 18.0. The minimum absolute atomic E-state index is 0.0105. The molecule has 126 valence electrons. The van der Waals surface area contributed by atoms with Gasteiger partial charge in [-0.1, -0.05) is 47.5 Å². The highest BCUT2D eigenvalue weighted by molar-refractivity contribution is 6.36. The lowest BCUT2D eigenvalue weighted by Gasteiger charge is -2.08. The maximum absolute atomic E-state index is 12.2. The van der Waals surface area contributed by atoms with E-state index in [0.717, 1.165) is 10.8 Å². The SMILES string of the molecule is O=C(OCC(=O)c1cc(Cl)ccc1Cl)c1cc2ccccc2cc1O. The molecule has 3 aromatic carbocycles. The summed E-state index contributed by atoms with van der Waals surface area (Å²) >= 11 is 11.8. The minimum Gasteiger partial charge on any atom is -0.507 e. The number of aromatic hydroxyl groups is 1. The Morgan fingerprint density at radius 1 is 0.920 bits per heavy atom. The van der Waals surface area contributed by atoms with Crippen LogP contribution in [0.15, 0.2) is 54.6 Å². The zero-order valence-corrected chi connectivity index (χ0v) is 14.3. The number of Topliss-reactive ketones (excluding diaryl/α,β-unsaturated/α-hetero) is 1. The summed E-state index contributed by atoms with van der Waals surface area (Å²) in [6.45, 7) is -0.509. The lowest BCUT2D eigenvalue weighted by molar-refractivity contribution is 0.0472. The summed E-state index contributed by atoms with van der Waals surface area (Å²) < 4.78 is 5.02. The van der Waals surface area contributed by atoms with Crippen molar-refractivity contribution in [2.45, 2.75) is 0 Å². The average molecular weight is 375 g/mol. The number of hydrogen-bond donors (Lipinski definition) is 1. The fourth-order valence-electron chi connectivity index (χ4n) is 2.39. The van der Waals surface area contributed by atoms with Gasteiger partial charge in [0.05, 0.1) is 5.02 Å². The molecule has 0 atom stereocenters. The molecule has 0 radical (unpaired) electrons. The number of rotatable bonds is 4. The molecule has 4 nitrogen and oxygen atoms in total. The molecule has 0 heterocycles. The first kappa shape index (κ1) is 17.3. The van der Waals surface area contributed by atoms with Crippen LogP contribution in [0.2, 0.25) is 10.0 Å². The summed E-state index contributed by atoms with van der Waals surface area (Å²) in [4.78, 5) is 24.4. The molecule has 0 bridgehead atoms. The van der Waals surface area contributed by atoms with Crippen LogP contribution in [0.1, 0.15) is 20.7 Å². The second-order valence-electron chi connectivity index (χ2n) is 5.34. The molecule has 0 saturated carbocycles. The number of ketones is 1. The average Bonchev–Trinajstić information content (AvgIpc) is 2.60.